The van der Waals surface area contributed by atoms with Crippen LogP contribution in [0.3, 0.4) is 0 Å². The molecule has 1 amide bonds. The van der Waals surface area contributed by atoms with Gasteiger partial charge in [-0.15, -0.1) is 0 Å². The lowest BCUT2D eigenvalue weighted by Crippen LogP contribution is -2.47. The van der Waals surface area contributed by atoms with Crippen molar-refractivity contribution in [1.29, 1.82) is 0 Å². The lowest BCUT2D eigenvalue weighted by atomic mass is 9.91. The average molecular weight is 400 g/mol. The van der Waals surface area contributed by atoms with Gasteiger partial charge < -0.3 is 24.3 Å². The molecule has 7 nitrogen and oxygen atoms in total. The highest BCUT2D eigenvalue weighted by atomic mass is 16.6. The topological polar surface area (TPSA) is 83.1 Å². The van der Waals surface area contributed by atoms with E-state index < -0.39 is 23.7 Å². The van der Waals surface area contributed by atoms with Gasteiger partial charge in [0.05, 0.1) is 19.3 Å². The first-order valence-corrected chi connectivity index (χ1v) is 10.6. The fourth-order valence-electron chi connectivity index (χ4n) is 3.28. The number of unbranched alkanes of at least 4 members (excludes halogenated alkanes) is 1. The first-order valence-electron chi connectivity index (χ1n) is 10.6. The second-order valence-corrected chi connectivity index (χ2v) is 9.00. The minimum absolute atomic E-state index is 0.0363. The second kappa shape index (κ2) is 10.4. The molecule has 2 rings (SSSR count). The summed E-state index contributed by atoms with van der Waals surface area (Å²) in [6.45, 7) is 10.5. The van der Waals surface area contributed by atoms with E-state index in [1.807, 2.05) is 6.92 Å². The SMILES string of the molecule is CCCC[C@H]1[C@H](C)OC(=O)[C@@H](NC(=O)OC(C)(C)C)COC[C@@H]1OCC1CC1. The molecule has 0 unspecified atom stereocenters. The molecule has 1 saturated carbocycles. The smallest absolute Gasteiger partial charge is 0.408 e. The summed E-state index contributed by atoms with van der Waals surface area (Å²) in [7, 11) is 0. The zero-order chi connectivity index (χ0) is 20.7. The maximum Gasteiger partial charge on any atom is 0.408 e. The molecule has 2 fully saturated rings. The summed E-state index contributed by atoms with van der Waals surface area (Å²) in [5.41, 5.74) is -0.645. The normalized spacial score (nSPS) is 29.2. The van der Waals surface area contributed by atoms with Crippen LogP contribution in [-0.2, 0) is 23.7 Å². The number of rotatable bonds is 7. The molecule has 0 aromatic heterocycles. The summed E-state index contributed by atoms with van der Waals surface area (Å²) < 4.78 is 22.9. The number of alkyl carbamates (subject to hydrolysis) is 1. The van der Waals surface area contributed by atoms with Gasteiger partial charge in [0, 0.05) is 12.5 Å². The fraction of sp³-hybridized carbons (Fsp3) is 0.905. The van der Waals surface area contributed by atoms with Gasteiger partial charge in [-0.2, -0.15) is 0 Å². The third-order valence-electron chi connectivity index (χ3n) is 5.06. The number of amides is 1. The van der Waals surface area contributed by atoms with Gasteiger partial charge in [0.25, 0.3) is 0 Å². The van der Waals surface area contributed by atoms with Crippen molar-refractivity contribution in [2.24, 2.45) is 11.8 Å². The number of hydrogen-bond donors (Lipinski definition) is 1. The molecular weight excluding hydrogens is 362 g/mol. The Kier molecular flexibility index (Phi) is 8.56. The first kappa shape index (κ1) is 22.9. The van der Waals surface area contributed by atoms with Gasteiger partial charge in [-0.05, 0) is 52.9 Å². The van der Waals surface area contributed by atoms with Crippen LogP contribution in [0, 0.1) is 11.8 Å². The van der Waals surface area contributed by atoms with Crippen molar-refractivity contribution in [3.63, 3.8) is 0 Å². The number of cyclic esters (lactones) is 1. The van der Waals surface area contributed by atoms with Gasteiger partial charge in [0.1, 0.15) is 11.7 Å². The lowest BCUT2D eigenvalue weighted by molar-refractivity contribution is -0.155. The Bertz CT molecular complexity index is 514. The molecule has 1 aliphatic heterocycles. The van der Waals surface area contributed by atoms with E-state index in [1.54, 1.807) is 20.8 Å². The highest BCUT2D eigenvalue weighted by Gasteiger charge is 2.36. The minimum Gasteiger partial charge on any atom is -0.461 e. The van der Waals surface area contributed by atoms with Crippen molar-refractivity contribution in [3.8, 4) is 0 Å². The van der Waals surface area contributed by atoms with Crippen LogP contribution in [0.4, 0.5) is 4.79 Å². The number of nitrogens with one attached hydrogen (secondary N) is 1. The molecule has 0 bridgehead atoms. The quantitative estimate of drug-likeness (QED) is 0.660. The predicted molar refractivity (Wildman–Crippen MR) is 105 cm³/mol. The maximum absolute atomic E-state index is 12.6. The number of carbonyl (C=O) groups is 2. The molecule has 1 heterocycles. The van der Waals surface area contributed by atoms with Gasteiger partial charge in [-0.1, -0.05) is 19.8 Å². The van der Waals surface area contributed by atoms with Gasteiger partial charge in [-0.25, -0.2) is 9.59 Å². The minimum atomic E-state index is -0.897. The zero-order valence-electron chi connectivity index (χ0n) is 18.0. The molecule has 4 atom stereocenters. The van der Waals surface area contributed by atoms with Crippen LogP contribution in [0.15, 0.2) is 0 Å². The molecule has 1 aliphatic carbocycles. The van der Waals surface area contributed by atoms with Crippen LogP contribution >= 0.6 is 0 Å². The van der Waals surface area contributed by atoms with E-state index in [4.69, 9.17) is 18.9 Å². The summed E-state index contributed by atoms with van der Waals surface area (Å²) in [6.07, 6.45) is 4.37. The molecule has 7 heteroatoms. The van der Waals surface area contributed by atoms with Crippen LogP contribution in [-0.4, -0.2) is 55.7 Å². The Morgan fingerprint density at radius 3 is 2.57 bits per heavy atom. The second-order valence-electron chi connectivity index (χ2n) is 9.00. The Hall–Kier alpha value is -1.34. The predicted octanol–water partition coefficient (Wildman–Crippen LogP) is 3.44. The van der Waals surface area contributed by atoms with Gasteiger partial charge in [0.2, 0.25) is 0 Å². The molecule has 0 aromatic rings. The van der Waals surface area contributed by atoms with Crippen LogP contribution in [0.2, 0.25) is 0 Å². The van der Waals surface area contributed by atoms with Crippen molar-refractivity contribution in [2.75, 3.05) is 19.8 Å². The highest BCUT2D eigenvalue weighted by Crippen LogP contribution is 2.31. The molecular formula is C21H37NO6. The molecule has 2 aliphatic rings. The standard InChI is InChI=1S/C21H37NO6/c1-6-7-8-16-14(2)27-19(23)17(22-20(24)28-21(3,4)5)12-25-13-18(16)26-11-15-9-10-15/h14-18H,6-13H2,1-5H3,(H,22,24)/t14-,16-,17-,18-/m0/s1. The summed E-state index contributed by atoms with van der Waals surface area (Å²) >= 11 is 0. The van der Waals surface area contributed by atoms with Crippen LogP contribution in [0.5, 0.6) is 0 Å². The van der Waals surface area contributed by atoms with Gasteiger partial charge >= 0.3 is 12.1 Å². The molecule has 0 spiro atoms. The Labute approximate surface area is 168 Å². The van der Waals surface area contributed by atoms with Crippen molar-refractivity contribution >= 4 is 12.1 Å². The first-order chi connectivity index (χ1) is 13.2. The molecule has 1 N–H and O–H groups in total. The average Bonchev–Trinajstić information content (AvgIpc) is 3.39. The zero-order valence-corrected chi connectivity index (χ0v) is 18.0. The third kappa shape index (κ3) is 7.95. The van der Waals surface area contributed by atoms with Crippen LogP contribution in [0.1, 0.15) is 66.7 Å². The van der Waals surface area contributed by atoms with E-state index >= 15 is 0 Å². The van der Waals surface area contributed by atoms with E-state index in [-0.39, 0.29) is 24.7 Å². The molecule has 0 aromatic carbocycles. The summed E-state index contributed by atoms with van der Waals surface area (Å²) in [5, 5.41) is 2.57. The van der Waals surface area contributed by atoms with Crippen molar-refractivity contribution in [3.05, 3.63) is 0 Å². The van der Waals surface area contributed by atoms with Gasteiger partial charge in [-0.3, -0.25) is 0 Å². The largest absolute Gasteiger partial charge is 0.461 e. The summed E-state index contributed by atoms with van der Waals surface area (Å²) in [5.74, 6) is 0.226. The van der Waals surface area contributed by atoms with Crippen molar-refractivity contribution in [1.82, 2.24) is 5.32 Å². The van der Waals surface area contributed by atoms with Crippen LogP contribution in [0.25, 0.3) is 0 Å². The molecule has 1 saturated heterocycles. The Morgan fingerprint density at radius 1 is 1.25 bits per heavy atom. The molecule has 162 valence electrons. The van der Waals surface area contributed by atoms with E-state index in [0.29, 0.717) is 12.5 Å². The van der Waals surface area contributed by atoms with Crippen molar-refractivity contribution < 1.29 is 28.5 Å². The Balaban J connectivity index is 2.02. The van der Waals surface area contributed by atoms with E-state index in [1.165, 1.54) is 12.8 Å². The highest BCUT2D eigenvalue weighted by molar-refractivity contribution is 5.81. The number of hydrogen-bond acceptors (Lipinski definition) is 6. The molecule has 28 heavy (non-hydrogen) atoms. The van der Waals surface area contributed by atoms with Crippen LogP contribution < -0.4 is 5.32 Å². The van der Waals surface area contributed by atoms with Gasteiger partial charge in [0.15, 0.2) is 6.04 Å². The lowest BCUT2D eigenvalue weighted by Gasteiger charge is -2.30. The summed E-state index contributed by atoms with van der Waals surface area (Å²) in [4.78, 5) is 24.7. The van der Waals surface area contributed by atoms with Crippen molar-refractivity contribution in [2.45, 2.75) is 90.6 Å². The fourth-order valence-corrected chi connectivity index (χ4v) is 3.28. The monoisotopic (exact) mass is 399 g/mol. The van der Waals surface area contributed by atoms with E-state index in [0.717, 1.165) is 25.9 Å². The van der Waals surface area contributed by atoms with E-state index in [9.17, 15) is 9.59 Å². The number of carbonyl (C=O) groups excluding carboxylic acids is 2. The number of ether oxygens (including phenoxy) is 4. The third-order valence-corrected chi connectivity index (χ3v) is 5.06. The summed E-state index contributed by atoms with van der Waals surface area (Å²) in [6, 6.07) is -0.897. The van der Waals surface area contributed by atoms with E-state index in [2.05, 4.69) is 12.2 Å². The number of esters is 1. The Morgan fingerprint density at radius 2 is 1.96 bits per heavy atom. The maximum atomic E-state index is 12.6. The molecule has 0 radical (unpaired) electrons.